The van der Waals surface area contributed by atoms with Gasteiger partial charge in [-0.15, -0.1) is 0 Å². The van der Waals surface area contributed by atoms with Crippen LogP contribution in [0.3, 0.4) is 0 Å². The van der Waals surface area contributed by atoms with Crippen molar-refractivity contribution in [2.45, 2.75) is 32.4 Å². The second-order valence-corrected chi connectivity index (χ2v) is 6.34. The summed E-state index contributed by atoms with van der Waals surface area (Å²) in [4.78, 5) is 4.94. The number of nitrogens with zero attached hydrogens (tertiary/aromatic N) is 2. The van der Waals surface area contributed by atoms with Gasteiger partial charge in [-0.2, -0.15) is 0 Å². The Labute approximate surface area is 124 Å². The van der Waals surface area contributed by atoms with E-state index in [1.54, 1.807) is 0 Å². The lowest BCUT2D eigenvalue weighted by atomic mass is 10.1. The summed E-state index contributed by atoms with van der Waals surface area (Å²) < 4.78 is 1.12. The maximum absolute atomic E-state index is 5.95. The molecule has 1 heterocycles. The molecule has 1 aromatic rings. The highest BCUT2D eigenvalue weighted by Crippen LogP contribution is 2.28. The van der Waals surface area contributed by atoms with Gasteiger partial charge in [-0.3, -0.25) is 4.90 Å². The maximum Gasteiger partial charge on any atom is 0.0378 e. The van der Waals surface area contributed by atoms with Crippen LogP contribution in [0.1, 0.15) is 31.9 Å². The minimum atomic E-state index is 0.0688. The van der Waals surface area contributed by atoms with Crippen LogP contribution in [0, 0.1) is 0 Å². The number of likely N-dealkylation sites (N-methyl/N-ethyl adjacent to an activating group) is 1. The highest BCUT2D eigenvalue weighted by Gasteiger charge is 2.23. The predicted molar refractivity (Wildman–Crippen MR) is 85.7 cm³/mol. The third kappa shape index (κ3) is 3.30. The topological polar surface area (TPSA) is 32.5 Å². The number of nitrogens with two attached hydrogens (primary N) is 1. The molecule has 1 saturated heterocycles. The lowest BCUT2D eigenvalue weighted by molar-refractivity contribution is 0.213. The first kappa shape index (κ1) is 14.8. The zero-order valence-corrected chi connectivity index (χ0v) is 13.7. The van der Waals surface area contributed by atoms with Crippen LogP contribution in [0.5, 0.6) is 0 Å². The van der Waals surface area contributed by atoms with Crippen LogP contribution in [0.2, 0.25) is 0 Å². The molecule has 1 fully saturated rings. The largest absolute Gasteiger partial charge is 0.369 e. The minimum Gasteiger partial charge on any atom is -0.369 e. The molecule has 4 heteroatoms. The van der Waals surface area contributed by atoms with E-state index in [1.807, 2.05) is 6.92 Å². The Balaban J connectivity index is 2.16. The fourth-order valence-corrected chi connectivity index (χ4v) is 3.43. The molecule has 2 unspecified atom stereocenters. The van der Waals surface area contributed by atoms with Crippen molar-refractivity contribution in [2.75, 3.05) is 31.6 Å². The minimum absolute atomic E-state index is 0.0688. The van der Waals surface area contributed by atoms with E-state index in [1.165, 1.54) is 17.7 Å². The molecule has 1 aromatic carbocycles. The highest BCUT2D eigenvalue weighted by molar-refractivity contribution is 9.10. The third-order valence-electron chi connectivity index (χ3n) is 4.09. The summed E-state index contributed by atoms with van der Waals surface area (Å²) in [5, 5.41) is 0. The van der Waals surface area contributed by atoms with Gasteiger partial charge >= 0.3 is 0 Å². The van der Waals surface area contributed by atoms with E-state index in [9.17, 15) is 0 Å². The average Bonchev–Trinajstić information content (AvgIpc) is 2.38. The van der Waals surface area contributed by atoms with Crippen LogP contribution in [0.25, 0.3) is 0 Å². The van der Waals surface area contributed by atoms with Gasteiger partial charge in [-0.25, -0.2) is 0 Å². The quantitative estimate of drug-likeness (QED) is 0.927. The van der Waals surface area contributed by atoms with Crippen LogP contribution in [-0.2, 0) is 0 Å². The van der Waals surface area contributed by atoms with Gasteiger partial charge in [0.2, 0.25) is 0 Å². The smallest absolute Gasteiger partial charge is 0.0378 e. The van der Waals surface area contributed by atoms with E-state index in [2.05, 4.69) is 57.9 Å². The monoisotopic (exact) mass is 325 g/mol. The van der Waals surface area contributed by atoms with E-state index in [0.29, 0.717) is 6.04 Å². The zero-order valence-electron chi connectivity index (χ0n) is 12.1. The summed E-state index contributed by atoms with van der Waals surface area (Å²) >= 11 is 3.64. The van der Waals surface area contributed by atoms with E-state index in [0.717, 1.165) is 24.1 Å². The van der Waals surface area contributed by atoms with E-state index < -0.39 is 0 Å². The summed E-state index contributed by atoms with van der Waals surface area (Å²) in [5.74, 6) is 0. The van der Waals surface area contributed by atoms with Gasteiger partial charge in [0.1, 0.15) is 0 Å². The summed E-state index contributed by atoms with van der Waals surface area (Å²) in [6.45, 7) is 7.61. The van der Waals surface area contributed by atoms with Crippen molar-refractivity contribution in [3.8, 4) is 0 Å². The Bertz CT molecular complexity index is 433. The summed E-state index contributed by atoms with van der Waals surface area (Å²) in [6.07, 6.45) is 1.20. The molecule has 2 rings (SSSR count). The Morgan fingerprint density at radius 3 is 2.74 bits per heavy atom. The van der Waals surface area contributed by atoms with Gasteiger partial charge in [0.05, 0.1) is 0 Å². The second kappa shape index (κ2) is 6.25. The molecule has 1 aliphatic heterocycles. The molecule has 0 radical (unpaired) electrons. The predicted octanol–water partition coefficient (Wildman–Crippen LogP) is 3.00. The molecule has 0 aliphatic carbocycles. The molecule has 0 aromatic heterocycles. The lowest BCUT2D eigenvalue weighted by Gasteiger charge is -2.40. The molecule has 2 N–H and O–H groups in total. The van der Waals surface area contributed by atoms with Crippen LogP contribution in [-0.4, -0.2) is 37.6 Å². The molecule has 106 valence electrons. The summed E-state index contributed by atoms with van der Waals surface area (Å²) in [6, 6.07) is 7.27. The standard InChI is InChI=1S/C15H24BrN3/c1-4-12-10-19(8-7-18(12)3)13-5-6-14(11(2)17)15(16)9-13/h5-6,9,11-12H,4,7-8,10,17H2,1-3H3. The van der Waals surface area contributed by atoms with Crippen molar-refractivity contribution in [1.29, 1.82) is 0 Å². The molecule has 1 aliphatic rings. The fraction of sp³-hybridized carbons (Fsp3) is 0.600. The van der Waals surface area contributed by atoms with E-state index in [-0.39, 0.29) is 6.04 Å². The SMILES string of the molecule is CCC1CN(c2ccc(C(C)N)c(Br)c2)CCN1C. The van der Waals surface area contributed by atoms with Gasteiger partial charge in [-0.1, -0.05) is 28.9 Å². The Hall–Kier alpha value is -0.580. The number of rotatable bonds is 3. The normalized spacial score (nSPS) is 22.6. The first-order chi connectivity index (χ1) is 9.02. The summed E-state index contributed by atoms with van der Waals surface area (Å²) in [7, 11) is 2.22. The fourth-order valence-electron chi connectivity index (χ4n) is 2.70. The van der Waals surface area contributed by atoms with Crippen molar-refractivity contribution >= 4 is 21.6 Å². The van der Waals surface area contributed by atoms with Gasteiger partial charge in [-0.05, 0) is 38.1 Å². The number of hydrogen-bond donors (Lipinski definition) is 1. The first-order valence-corrected chi connectivity index (χ1v) is 7.82. The van der Waals surface area contributed by atoms with Gasteiger partial charge < -0.3 is 10.6 Å². The molecule has 19 heavy (non-hydrogen) atoms. The molecule has 0 bridgehead atoms. The van der Waals surface area contributed by atoms with Crippen molar-refractivity contribution < 1.29 is 0 Å². The van der Waals surface area contributed by atoms with E-state index in [4.69, 9.17) is 5.73 Å². The molecule has 0 spiro atoms. The highest BCUT2D eigenvalue weighted by atomic mass is 79.9. The molecular weight excluding hydrogens is 302 g/mol. The van der Waals surface area contributed by atoms with Crippen LogP contribution >= 0.6 is 15.9 Å². The molecule has 0 amide bonds. The van der Waals surface area contributed by atoms with Crippen molar-refractivity contribution in [3.63, 3.8) is 0 Å². The van der Waals surface area contributed by atoms with Crippen molar-refractivity contribution in [1.82, 2.24) is 4.90 Å². The van der Waals surface area contributed by atoms with Crippen molar-refractivity contribution in [2.24, 2.45) is 5.73 Å². The summed E-state index contributed by atoms with van der Waals surface area (Å²) in [5.41, 5.74) is 8.42. The second-order valence-electron chi connectivity index (χ2n) is 5.48. The Morgan fingerprint density at radius 2 is 2.16 bits per heavy atom. The number of benzene rings is 1. The first-order valence-electron chi connectivity index (χ1n) is 7.03. The number of piperazine rings is 1. The maximum atomic E-state index is 5.95. The van der Waals surface area contributed by atoms with Crippen LogP contribution < -0.4 is 10.6 Å². The number of hydrogen-bond acceptors (Lipinski definition) is 3. The van der Waals surface area contributed by atoms with Crippen LogP contribution in [0.15, 0.2) is 22.7 Å². The molecule has 0 saturated carbocycles. The zero-order chi connectivity index (χ0) is 14.0. The molecular formula is C15H24BrN3. The molecule has 3 nitrogen and oxygen atoms in total. The van der Waals surface area contributed by atoms with Crippen molar-refractivity contribution in [3.05, 3.63) is 28.2 Å². The third-order valence-corrected chi connectivity index (χ3v) is 4.77. The van der Waals surface area contributed by atoms with Gasteiger partial charge in [0, 0.05) is 41.9 Å². The van der Waals surface area contributed by atoms with Crippen LogP contribution in [0.4, 0.5) is 5.69 Å². The Morgan fingerprint density at radius 1 is 1.42 bits per heavy atom. The molecule has 2 atom stereocenters. The Kier molecular flexibility index (Phi) is 4.87. The lowest BCUT2D eigenvalue weighted by Crippen LogP contribution is -2.51. The average molecular weight is 326 g/mol. The number of halogens is 1. The van der Waals surface area contributed by atoms with Gasteiger partial charge in [0.25, 0.3) is 0 Å². The van der Waals surface area contributed by atoms with E-state index >= 15 is 0 Å². The number of anilines is 1. The van der Waals surface area contributed by atoms with Gasteiger partial charge in [0.15, 0.2) is 0 Å².